The predicted molar refractivity (Wildman–Crippen MR) is 151 cm³/mol. The summed E-state index contributed by atoms with van der Waals surface area (Å²) in [6, 6.07) is 12.7. The van der Waals surface area contributed by atoms with Crippen LogP contribution in [0, 0.1) is 5.92 Å². The van der Waals surface area contributed by atoms with E-state index in [4.69, 9.17) is 9.88 Å². The number of hydrogen-bond acceptors (Lipinski definition) is 7. The third-order valence-electron chi connectivity index (χ3n) is 7.92. The van der Waals surface area contributed by atoms with Crippen molar-refractivity contribution in [3.05, 3.63) is 54.1 Å². The molecule has 0 bridgehead atoms. The summed E-state index contributed by atoms with van der Waals surface area (Å²) in [6.45, 7) is 8.27. The molecular weight excluding hydrogens is 532 g/mol. The number of sulfonamides is 1. The largest absolute Gasteiger partial charge is 0.457 e. The van der Waals surface area contributed by atoms with Gasteiger partial charge in [0.05, 0.1) is 11.0 Å². The van der Waals surface area contributed by atoms with Crippen molar-refractivity contribution in [2.75, 3.05) is 19.6 Å². The van der Waals surface area contributed by atoms with Gasteiger partial charge in [-0.3, -0.25) is 14.5 Å². The first-order valence-electron chi connectivity index (χ1n) is 13.9. The Kier molecular flexibility index (Phi) is 9.19. The van der Waals surface area contributed by atoms with Gasteiger partial charge in [0.25, 0.3) is 0 Å². The van der Waals surface area contributed by atoms with Crippen LogP contribution in [-0.2, 0) is 26.2 Å². The smallest absolute Gasteiger partial charge is 0.248 e. The molecule has 0 unspecified atom stereocenters. The van der Waals surface area contributed by atoms with E-state index in [1.54, 1.807) is 17.0 Å². The van der Waals surface area contributed by atoms with Crippen molar-refractivity contribution in [1.29, 1.82) is 0 Å². The Labute approximate surface area is 236 Å². The summed E-state index contributed by atoms with van der Waals surface area (Å²) < 4.78 is 28.7. The van der Waals surface area contributed by atoms with Gasteiger partial charge in [0.1, 0.15) is 23.1 Å². The van der Waals surface area contributed by atoms with Crippen molar-refractivity contribution in [2.45, 2.75) is 75.6 Å². The van der Waals surface area contributed by atoms with Gasteiger partial charge in [0.2, 0.25) is 21.8 Å². The van der Waals surface area contributed by atoms with Crippen LogP contribution in [0.1, 0.15) is 52.0 Å². The van der Waals surface area contributed by atoms with Crippen LogP contribution in [0.3, 0.4) is 0 Å². The lowest BCUT2D eigenvalue weighted by Crippen LogP contribution is -2.74. The van der Waals surface area contributed by atoms with Gasteiger partial charge in [-0.1, -0.05) is 39.3 Å². The lowest BCUT2D eigenvalue weighted by Gasteiger charge is -2.52. The van der Waals surface area contributed by atoms with Crippen LogP contribution in [0.2, 0.25) is 0 Å². The van der Waals surface area contributed by atoms with Crippen molar-refractivity contribution in [1.82, 2.24) is 15.1 Å². The van der Waals surface area contributed by atoms with Crippen LogP contribution < -0.4 is 15.2 Å². The van der Waals surface area contributed by atoms with Crippen molar-refractivity contribution in [3.63, 3.8) is 0 Å². The number of nitrogens with one attached hydrogen (secondary N) is 1. The number of aliphatic hydroxyl groups is 1. The van der Waals surface area contributed by atoms with Crippen molar-refractivity contribution in [3.8, 4) is 11.5 Å². The fourth-order valence-corrected chi connectivity index (χ4v) is 5.94. The van der Waals surface area contributed by atoms with Crippen LogP contribution in [0.5, 0.6) is 11.5 Å². The highest BCUT2D eigenvalue weighted by Gasteiger charge is 2.54. The minimum atomic E-state index is -3.76. The summed E-state index contributed by atoms with van der Waals surface area (Å²) in [5.74, 6) is 0.624. The zero-order valence-corrected chi connectivity index (χ0v) is 24.2. The molecule has 4 rings (SSSR count). The number of hydrogen-bond donors (Lipinski definition) is 3. The number of likely N-dealkylation sites (tertiary alicyclic amines) is 1. The molecule has 0 aromatic heterocycles. The monoisotopic (exact) mass is 572 g/mol. The molecule has 218 valence electrons. The van der Waals surface area contributed by atoms with Crippen LogP contribution >= 0.6 is 0 Å². The van der Waals surface area contributed by atoms with Crippen molar-refractivity contribution in [2.24, 2.45) is 11.1 Å². The lowest BCUT2D eigenvalue weighted by atomic mass is 9.80. The number of carbonyl (C=O) groups excluding carboxylic acids is 2. The normalized spacial score (nSPS) is 20.6. The number of aliphatic hydroxyl groups excluding tert-OH is 1. The maximum Gasteiger partial charge on any atom is 0.248 e. The van der Waals surface area contributed by atoms with Gasteiger partial charge in [-0.15, -0.1) is 0 Å². The fourth-order valence-electron chi connectivity index (χ4n) is 5.43. The molecule has 0 radical (unpaired) electrons. The van der Waals surface area contributed by atoms with E-state index in [0.717, 1.165) is 18.4 Å². The van der Waals surface area contributed by atoms with E-state index >= 15 is 0 Å². The molecule has 0 saturated carbocycles. The highest BCUT2D eigenvalue weighted by molar-refractivity contribution is 7.89. The van der Waals surface area contributed by atoms with Crippen molar-refractivity contribution >= 4 is 21.8 Å². The molecule has 40 heavy (non-hydrogen) atoms. The summed E-state index contributed by atoms with van der Waals surface area (Å²) in [6.07, 6.45) is 1.86. The summed E-state index contributed by atoms with van der Waals surface area (Å²) in [7, 11) is -3.76. The Balaban J connectivity index is 1.38. The Morgan fingerprint density at radius 2 is 1.62 bits per heavy atom. The molecule has 0 aliphatic carbocycles. The van der Waals surface area contributed by atoms with Crippen LogP contribution in [0.15, 0.2) is 53.4 Å². The van der Waals surface area contributed by atoms with Gasteiger partial charge in [-0.05, 0) is 67.1 Å². The molecule has 2 aromatic rings. The molecule has 2 aliphatic heterocycles. The molecular formula is C29H40N4O6S. The maximum atomic E-state index is 13.5. The maximum absolute atomic E-state index is 13.5. The number of carbonyl (C=O) groups is 2. The minimum absolute atomic E-state index is 0.0232. The summed E-state index contributed by atoms with van der Waals surface area (Å²) in [4.78, 5) is 31.0. The molecule has 11 heteroatoms. The quantitative estimate of drug-likeness (QED) is 0.397. The number of rotatable bonds is 10. The zero-order chi connectivity index (χ0) is 29.1. The highest BCUT2D eigenvalue weighted by Crippen LogP contribution is 2.35. The van der Waals surface area contributed by atoms with E-state index in [9.17, 15) is 23.1 Å². The average Bonchev–Trinajstić information content (AvgIpc) is 2.92. The lowest BCUT2D eigenvalue weighted by molar-refractivity contribution is -0.165. The molecule has 2 amide bonds. The first-order valence-corrected chi connectivity index (χ1v) is 15.4. The summed E-state index contributed by atoms with van der Waals surface area (Å²) in [5.41, 5.74) is 0.201. The second kappa shape index (κ2) is 12.3. The Morgan fingerprint density at radius 1 is 1.05 bits per heavy atom. The molecule has 4 N–H and O–H groups in total. The van der Waals surface area contributed by atoms with E-state index in [2.05, 4.69) is 17.1 Å². The fraction of sp³-hybridized carbons (Fsp3) is 0.517. The Hall–Kier alpha value is -2.99. The van der Waals surface area contributed by atoms with Gasteiger partial charge in [0.15, 0.2) is 0 Å². The third kappa shape index (κ3) is 6.49. The van der Waals surface area contributed by atoms with Gasteiger partial charge < -0.3 is 20.1 Å². The summed E-state index contributed by atoms with van der Waals surface area (Å²) in [5, 5.41) is 18.6. The number of amides is 2. The SMILES string of the molecule is CCCCN1C(=O)[C@@H]([C@H](O)C(C)C)NC(=O)C12CCN(Cc1ccc(Oc3ccc(S(N)(=O)=O)cc3)cc1)CC2. The first-order chi connectivity index (χ1) is 18.9. The van der Waals surface area contributed by atoms with Crippen LogP contribution in [-0.4, -0.2) is 72.5 Å². The van der Waals surface area contributed by atoms with E-state index in [1.165, 1.54) is 12.1 Å². The number of piperazine rings is 1. The second-order valence-corrected chi connectivity index (χ2v) is 12.7. The summed E-state index contributed by atoms with van der Waals surface area (Å²) >= 11 is 0. The van der Waals surface area contributed by atoms with Gasteiger partial charge >= 0.3 is 0 Å². The van der Waals surface area contributed by atoms with Gasteiger partial charge in [-0.2, -0.15) is 0 Å². The number of nitrogens with two attached hydrogens (primary N) is 1. The van der Waals surface area contributed by atoms with Crippen molar-refractivity contribution < 1.29 is 27.9 Å². The van der Waals surface area contributed by atoms with Crippen LogP contribution in [0.4, 0.5) is 0 Å². The average molecular weight is 573 g/mol. The third-order valence-corrected chi connectivity index (χ3v) is 8.85. The molecule has 1 spiro atoms. The molecule has 2 heterocycles. The number of ether oxygens (including phenoxy) is 1. The standard InChI is InChI=1S/C29H40N4O6S/c1-4-5-16-33-27(35)25(26(34)20(2)3)31-28(36)29(33)14-17-32(18-15-29)19-21-6-8-22(9-7-21)39-23-10-12-24(13-11-23)40(30,37)38/h6-13,20,25-26,34H,4-5,14-19H2,1-3H3,(H,31,36)(H2,30,37,38)/t25-,26-/m1/s1. The zero-order valence-electron chi connectivity index (χ0n) is 23.4. The Bertz CT molecular complexity index is 1290. The number of primary sulfonamides is 1. The predicted octanol–water partition coefficient (Wildman–Crippen LogP) is 2.60. The van der Waals surface area contributed by atoms with Gasteiger partial charge in [0, 0.05) is 26.2 Å². The van der Waals surface area contributed by atoms with Gasteiger partial charge in [-0.25, -0.2) is 13.6 Å². The molecule has 10 nitrogen and oxygen atoms in total. The Morgan fingerprint density at radius 3 is 2.15 bits per heavy atom. The molecule has 2 fully saturated rings. The molecule has 2 aliphatic rings. The topological polar surface area (TPSA) is 142 Å². The highest BCUT2D eigenvalue weighted by atomic mass is 32.2. The number of unbranched alkanes of at least 4 members (excludes halogenated alkanes) is 1. The molecule has 2 saturated heterocycles. The van der Waals surface area contributed by atoms with Crippen LogP contribution in [0.25, 0.3) is 0 Å². The van der Waals surface area contributed by atoms with E-state index < -0.39 is 27.7 Å². The number of nitrogens with zero attached hydrogens (tertiary/aromatic N) is 2. The first kappa shape index (κ1) is 30.0. The molecule has 2 aromatic carbocycles. The van der Waals surface area contributed by atoms with E-state index in [0.29, 0.717) is 50.5 Å². The number of piperidine rings is 1. The van der Waals surface area contributed by atoms with E-state index in [1.807, 2.05) is 38.1 Å². The second-order valence-electron chi connectivity index (χ2n) is 11.1. The molecule has 2 atom stereocenters. The minimum Gasteiger partial charge on any atom is -0.457 e. The van der Waals surface area contributed by atoms with E-state index in [-0.39, 0.29) is 22.6 Å². The number of benzene rings is 2.